The standard InChI is InChI=1S/C42H56N6O5S2/c1-30(2)40-44-35(28-54-40)26-47(3)41(51)46-38(18-21-48-19-16-36(49)17-20-48)39(50)24-33(22-31-10-6-4-7-11-31)14-15-34(23-32-12-8-5-9-13-32)45-42(52)53-27-37-25-43-29-55-37/h4-13,25,28-30,33-34,36,38,49H,14-24,26-27H2,1-3H3,(H,45,52)(H,46,51). The van der Waals surface area contributed by atoms with Gasteiger partial charge in [0.25, 0.3) is 0 Å². The molecule has 1 saturated heterocycles. The Morgan fingerprint density at radius 3 is 2.27 bits per heavy atom. The highest BCUT2D eigenvalue weighted by Gasteiger charge is 2.28. The van der Waals surface area contributed by atoms with E-state index in [9.17, 15) is 19.5 Å². The largest absolute Gasteiger partial charge is 0.444 e. The highest BCUT2D eigenvalue weighted by molar-refractivity contribution is 7.09. The first-order valence-electron chi connectivity index (χ1n) is 19.4. The van der Waals surface area contributed by atoms with Gasteiger partial charge in [0.05, 0.1) is 39.8 Å². The number of piperidine rings is 1. The smallest absolute Gasteiger partial charge is 0.407 e. The van der Waals surface area contributed by atoms with Crippen LogP contribution in [0.25, 0.3) is 0 Å². The summed E-state index contributed by atoms with van der Waals surface area (Å²) in [6.45, 7) is 6.87. The summed E-state index contributed by atoms with van der Waals surface area (Å²) in [5.41, 5.74) is 4.77. The number of thiazole rings is 2. The zero-order valence-corrected chi connectivity index (χ0v) is 33.9. The van der Waals surface area contributed by atoms with E-state index in [4.69, 9.17) is 9.72 Å². The topological polar surface area (TPSA) is 137 Å². The molecule has 13 heteroatoms. The Balaban J connectivity index is 1.28. The Morgan fingerprint density at radius 1 is 0.945 bits per heavy atom. The highest BCUT2D eigenvalue weighted by atomic mass is 32.1. The molecule has 3 heterocycles. The lowest BCUT2D eigenvalue weighted by molar-refractivity contribution is -0.122. The van der Waals surface area contributed by atoms with Gasteiger partial charge in [-0.2, -0.15) is 0 Å². The number of nitrogens with zero attached hydrogens (tertiary/aromatic N) is 4. The van der Waals surface area contributed by atoms with Gasteiger partial charge in [-0.05, 0) is 62.0 Å². The number of urea groups is 1. The van der Waals surface area contributed by atoms with Crippen molar-refractivity contribution in [1.29, 1.82) is 0 Å². The Labute approximate surface area is 333 Å². The van der Waals surface area contributed by atoms with Crippen molar-refractivity contribution in [2.24, 2.45) is 5.92 Å². The van der Waals surface area contributed by atoms with Crippen LogP contribution < -0.4 is 10.6 Å². The van der Waals surface area contributed by atoms with Gasteiger partial charge in [-0.25, -0.2) is 14.6 Å². The van der Waals surface area contributed by atoms with Crippen LogP contribution in [-0.4, -0.2) is 87.7 Å². The van der Waals surface area contributed by atoms with Crippen molar-refractivity contribution in [1.82, 2.24) is 30.4 Å². The molecule has 3 atom stereocenters. The molecule has 1 aliphatic rings. The van der Waals surface area contributed by atoms with Crippen molar-refractivity contribution in [3.8, 4) is 0 Å². The van der Waals surface area contributed by atoms with E-state index in [2.05, 4.69) is 46.5 Å². The second kappa shape index (κ2) is 21.8. The Bertz CT molecular complexity index is 1730. The van der Waals surface area contributed by atoms with E-state index in [0.29, 0.717) is 64.0 Å². The van der Waals surface area contributed by atoms with Crippen molar-refractivity contribution < 1.29 is 24.2 Å². The molecular formula is C42H56N6O5S2. The fraction of sp³-hybridized carbons (Fsp3) is 0.500. The lowest BCUT2D eigenvalue weighted by Gasteiger charge is -2.31. The van der Waals surface area contributed by atoms with Gasteiger partial charge in [-0.3, -0.25) is 9.78 Å². The lowest BCUT2D eigenvalue weighted by atomic mass is 9.86. The third-order valence-corrected chi connectivity index (χ3v) is 12.0. The molecule has 1 fully saturated rings. The Kier molecular flexibility index (Phi) is 16.6. The first-order chi connectivity index (χ1) is 26.6. The molecule has 3 N–H and O–H groups in total. The minimum atomic E-state index is -0.679. The number of nitrogens with one attached hydrogen (secondary N) is 2. The highest BCUT2D eigenvalue weighted by Crippen LogP contribution is 2.24. The molecule has 0 spiro atoms. The van der Waals surface area contributed by atoms with Crippen LogP contribution in [0, 0.1) is 5.92 Å². The number of hydrogen-bond acceptors (Lipinski definition) is 10. The number of aliphatic hydroxyl groups is 1. The fourth-order valence-electron chi connectivity index (χ4n) is 6.87. The molecule has 0 bridgehead atoms. The number of aliphatic hydroxyl groups excluding tert-OH is 1. The number of carbonyl (C=O) groups excluding carboxylic acids is 3. The second-order valence-electron chi connectivity index (χ2n) is 14.9. The van der Waals surface area contributed by atoms with Gasteiger partial charge >= 0.3 is 12.1 Å². The predicted molar refractivity (Wildman–Crippen MR) is 218 cm³/mol. The summed E-state index contributed by atoms with van der Waals surface area (Å²) in [6.07, 6.45) is 5.71. The summed E-state index contributed by atoms with van der Waals surface area (Å²) in [5.74, 6) is 0.272. The number of likely N-dealkylation sites (tertiary alicyclic amines) is 1. The van der Waals surface area contributed by atoms with Crippen molar-refractivity contribution in [3.63, 3.8) is 0 Å². The van der Waals surface area contributed by atoms with Gasteiger partial charge < -0.3 is 30.3 Å². The summed E-state index contributed by atoms with van der Waals surface area (Å²) >= 11 is 3.03. The summed E-state index contributed by atoms with van der Waals surface area (Å²) in [4.78, 5) is 54.5. The molecule has 11 nitrogen and oxygen atoms in total. The number of carbonyl (C=O) groups is 3. The van der Waals surface area contributed by atoms with Crippen molar-refractivity contribution in [2.75, 3.05) is 26.7 Å². The maximum absolute atomic E-state index is 14.4. The maximum atomic E-state index is 14.4. The van der Waals surface area contributed by atoms with Gasteiger partial charge in [-0.15, -0.1) is 22.7 Å². The zero-order valence-electron chi connectivity index (χ0n) is 32.3. The van der Waals surface area contributed by atoms with E-state index >= 15 is 0 Å². The van der Waals surface area contributed by atoms with Crippen LogP contribution in [0.3, 0.4) is 0 Å². The number of amides is 3. The third kappa shape index (κ3) is 14.4. The van der Waals surface area contributed by atoms with Crippen molar-refractivity contribution >= 4 is 40.6 Å². The van der Waals surface area contributed by atoms with Crippen LogP contribution >= 0.6 is 22.7 Å². The van der Waals surface area contributed by atoms with E-state index in [-0.39, 0.29) is 42.9 Å². The number of Topliss-reactive ketones (excluding diaryl/α,β-unsaturated/α-hetero) is 1. The number of hydrogen-bond donors (Lipinski definition) is 3. The summed E-state index contributed by atoms with van der Waals surface area (Å²) < 4.78 is 5.54. The average molecular weight is 789 g/mol. The van der Waals surface area contributed by atoms with Crippen LogP contribution in [0.4, 0.5) is 9.59 Å². The lowest BCUT2D eigenvalue weighted by Crippen LogP contribution is -2.48. The zero-order chi connectivity index (χ0) is 39.0. The minimum absolute atomic E-state index is 0.00740. The quantitative estimate of drug-likeness (QED) is 0.0855. The molecule has 2 aromatic heterocycles. The molecule has 2 aromatic carbocycles. The molecular weight excluding hydrogens is 733 g/mol. The monoisotopic (exact) mass is 788 g/mol. The molecule has 3 unspecified atom stereocenters. The van der Waals surface area contributed by atoms with Gasteiger partial charge in [0.15, 0.2) is 5.78 Å². The van der Waals surface area contributed by atoms with Crippen LogP contribution in [0.1, 0.15) is 85.0 Å². The predicted octanol–water partition coefficient (Wildman–Crippen LogP) is 7.22. The number of rotatable bonds is 20. The van der Waals surface area contributed by atoms with E-state index < -0.39 is 12.1 Å². The summed E-state index contributed by atoms with van der Waals surface area (Å²) in [7, 11) is 1.73. The molecule has 3 amide bonds. The molecule has 1 aliphatic heterocycles. The van der Waals surface area contributed by atoms with E-state index in [1.807, 2.05) is 53.9 Å². The number of aromatic nitrogens is 2. The van der Waals surface area contributed by atoms with Crippen LogP contribution in [0.15, 0.2) is 77.8 Å². The SMILES string of the molecule is CC(C)c1nc(CN(C)C(=O)NC(CCN2CCC(O)CC2)C(=O)CC(CCC(Cc2ccccc2)NC(=O)OCc2cncs2)Cc2ccccc2)cs1. The number of benzene rings is 2. The number of ketones is 1. The van der Waals surface area contributed by atoms with E-state index in [1.54, 1.807) is 35.0 Å². The Hall–Kier alpha value is -4.17. The number of alkyl carbamates (subject to hydrolysis) is 1. The first kappa shape index (κ1) is 42.0. The second-order valence-corrected chi connectivity index (χ2v) is 16.8. The minimum Gasteiger partial charge on any atom is -0.444 e. The summed E-state index contributed by atoms with van der Waals surface area (Å²) in [5, 5.41) is 19.3. The number of ether oxygens (including phenoxy) is 1. The normalized spacial score (nSPS) is 15.3. The molecule has 0 aliphatic carbocycles. The maximum Gasteiger partial charge on any atom is 0.407 e. The third-order valence-electron chi connectivity index (χ3n) is 10.0. The van der Waals surface area contributed by atoms with Crippen LogP contribution in [-0.2, 0) is 35.5 Å². The summed E-state index contributed by atoms with van der Waals surface area (Å²) in [6, 6.07) is 19.0. The molecule has 55 heavy (non-hydrogen) atoms. The fourth-order valence-corrected chi connectivity index (χ4v) is 8.20. The molecule has 0 radical (unpaired) electrons. The van der Waals surface area contributed by atoms with E-state index in [1.165, 1.54) is 11.3 Å². The van der Waals surface area contributed by atoms with Gasteiger partial charge in [-0.1, -0.05) is 74.5 Å². The van der Waals surface area contributed by atoms with Crippen LogP contribution in [0.5, 0.6) is 0 Å². The van der Waals surface area contributed by atoms with Crippen molar-refractivity contribution in [3.05, 3.63) is 104 Å². The molecule has 4 aromatic rings. The average Bonchev–Trinajstić information content (AvgIpc) is 3.89. The van der Waals surface area contributed by atoms with Crippen LogP contribution in [0.2, 0.25) is 0 Å². The van der Waals surface area contributed by atoms with Crippen molar-refractivity contribution in [2.45, 2.75) is 102 Å². The Morgan fingerprint density at radius 2 is 1.64 bits per heavy atom. The molecule has 5 rings (SSSR count). The molecule has 296 valence electrons. The first-order valence-corrected chi connectivity index (χ1v) is 21.1. The van der Waals surface area contributed by atoms with E-state index in [0.717, 1.165) is 39.8 Å². The van der Waals surface area contributed by atoms with Gasteiger partial charge in [0, 0.05) is 56.6 Å². The molecule has 0 saturated carbocycles. The van der Waals surface area contributed by atoms with Gasteiger partial charge in [0.2, 0.25) is 0 Å². The van der Waals surface area contributed by atoms with Gasteiger partial charge in [0.1, 0.15) is 6.61 Å².